The smallest absolute Gasteiger partial charge is 0.417 e. The molecule has 6 rings (SSSR count). The van der Waals surface area contributed by atoms with E-state index in [2.05, 4.69) is 20.3 Å². The quantitative estimate of drug-likeness (QED) is 0.136. The number of nitrogens with one attached hydrogen (secondary N) is 1. The zero-order valence-electron chi connectivity index (χ0n) is 27.3. The molecule has 0 bridgehead atoms. The van der Waals surface area contributed by atoms with Crippen LogP contribution in [0.25, 0.3) is 32.2 Å². The second-order valence-electron chi connectivity index (χ2n) is 13.3. The first kappa shape index (κ1) is 34.9. The van der Waals surface area contributed by atoms with Gasteiger partial charge in [-0.2, -0.15) is 23.1 Å². The third-order valence-electron chi connectivity index (χ3n) is 8.52. The number of carbonyl (C=O) groups excluding carboxylic acids is 1. The van der Waals surface area contributed by atoms with Crippen LogP contribution in [0, 0.1) is 11.6 Å². The lowest BCUT2D eigenvalue weighted by Gasteiger charge is -2.30. The van der Waals surface area contributed by atoms with E-state index < -0.39 is 57.9 Å². The molecule has 49 heavy (non-hydrogen) atoms. The molecule has 2 saturated heterocycles. The Balaban J connectivity index is 1.49. The summed E-state index contributed by atoms with van der Waals surface area (Å²) in [6.07, 6.45) is -4.03. The maximum atomic E-state index is 16.8. The summed E-state index contributed by atoms with van der Waals surface area (Å²) < 4.78 is 107. The van der Waals surface area contributed by atoms with Gasteiger partial charge in [0.2, 0.25) is 5.88 Å². The first-order valence-corrected chi connectivity index (χ1v) is 16.8. The van der Waals surface area contributed by atoms with Crippen molar-refractivity contribution in [2.24, 2.45) is 0 Å². The van der Waals surface area contributed by atoms with Crippen molar-refractivity contribution in [3.05, 3.63) is 35.4 Å². The molecule has 1 unspecified atom stereocenters. The van der Waals surface area contributed by atoms with Crippen molar-refractivity contribution < 1.29 is 45.3 Å². The molecule has 4 heterocycles. The van der Waals surface area contributed by atoms with Gasteiger partial charge in [-0.05, 0) is 64.8 Å². The second-order valence-corrected chi connectivity index (χ2v) is 14.3. The normalized spacial score (nSPS) is 19.8. The van der Waals surface area contributed by atoms with Gasteiger partial charge < -0.3 is 14.2 Å². The number of unbranched alkanes of at least 4 members (excludes halogenated alkanes) is 1. The van der Waals surface area contributed by atoms with Crippen molar-refractivity contribution in [3.63, 3.8) is 0 Å². The molecule has 264 valence electrons. The SMILES string of the molecule is CCCCOc1nc(OCC23CCCN2C[C@H](F)C3)nc2c(F)c(-c3ccc(F)c4sc(NC(=O)OC(C)(C)C)nc34)c(C(F)(F)F)cc12. The fraction of sp³-hybridized carbons (Fsp3) is 0.515. The Hall–Kier alpha value is -3.92. The number of amides is 1. The molecule has 1 N–H and O–H groups in total. The van der Waals surface area contributed by atoms with Gasteiger partial charge in [0.05, 0.1) is 33.3 Å². The summed E-state index contributed by atoms with van der Waals surface area (Å²) in [5.74, 6) is -2.53. The highest BCUT2D eigenvalue weighted by molar-refractivity contribution is 7.22. The van der Waals surface area contributed by atoms with Gasteiger partial charge in [-0.3, -0.25) is 10.2 Å². The van der Waals surface area contributed by atoms with E-state index in [1.165, 1.54) is 0 Å². The number of anilines is 1. The van der Waals surface area contributed by atoms with Crippen LogP contribution in [0.5, 0.6) is 11.9 Å². The molecule has 2 aliphatic rings. The largest absolute Gasteiger partial charge is 0.477 e. The maximum Gasteiger partial charge on any atom is 0.417 e. The van der Waals surface area contributed by atoms with Gasteiger partial charge in [-0.15, -0.1) is 0 Å². The summed E-state index contributed by atoms with van der Waals surface area (Å²) in [5, 5.41) is 1.85. The van der Waals surface area contributed by atoms with Crippen LogP contribution < -0.4 is 14.8 Å². The van der Waals surface area contributed by atoms with Crippen LogP contribution in [0.4, 0.5) is 36.3 Å². The minimum Gasteiger partial charge on any atom is -0.477 e. The fourth-order valence-electron chi connectivity index (χ4n) is 6.42. The first-order chi connectivity index (χ1) is 23.1. The molecule has 0 aliphatic carbocycles. The van der Waals surface area contributed by atoms with Gasteiger partial charge >= 0.3 is 18.3 Å². The monoisotopic (exact) mass is 711 g/mol. The van der Waals surface area contributed by atoms with Crippen LogP contribution in [0.1, 0.15) is 65.4 Å². The second kappa shape index (κ2) is 13.1. The van der Waals surface area contributed by atoms with E-state index in [4.69, 9.17) is 14.2 Å². The van der Waals surface area contributed by atoms with E-state index in [0.29, 0.717) is 43.2 Å². The molecule has 0 saturated carbocycles. The molecule has 2 aromatic carbocycles. The van der Waals surface area contributed by atoms with Crippen LogP contribution in [-0.4, -0.2) is 69.6 Å². The van der Waals surface area contributed by atoms with Crippen LogP contribution in [0.15, 0.2) is 18.2 Å². The molecule has 2 atom stereocenters. The highest BCUT2D eigenvalue weighted by atomic mass is 32.1. The van der Waals surface area contributed by atoms with E-state index in [0.717, 1.165) is 18.6 Å². The molecule has 16 heteroatoms. The Morgan fingerprint density at radius 3 is 2.61 bits per heavy atom. The third kappa shape index (κ3) is 7.07. The minimum atomic E-state index is -5.09. The highest BCUT2D eigenvalue weighted by Crippen LogP contribution is 2.46. The van der Waals surface area contributed by atoms with Crippen molar-refractivity contribution in [2.75, 3.05) is 31.6 Å². The summed E-state index contributed by atoms with van der Waals surface area (Å²) in [7, 11) is 0. The maximum absolute atomic E-state index is 16.8. The summed E-state index contributed by atoms with van der Waals surface area (Å²) >= 11 is 0.654. The van der Waals surface area contributed by atoms with E-state index in [9.17, 15) is 22.4 Å². The zero-order chi connectivity index (χ0) is 35.3. The van der Waals surface area contributed by atoms with Crippen molar-refractivity contribution in [1.82, 2.24) is 19.9 Å². The van der Waals surface area contributed by atoms with E-state index in [-0.39, 0.29) is 64.4 Å². The summed E-state index contributed by atoms with van der Waals surface area (Å²) in [5.41, 5.74) is -5.01. The molecule has 1 amide bonds. The average Bonchev–Trinajstić information content (AvgIpc) is 3.68. The lowest BCUT2D eigenvalue weighted by Crippen LogP contribution is -2.43. The Labute approximate surface area is 282 Å². The number of hydrogen-bond acceptors (Lipinski definition) is 9. The van der Waals surface area contributed by atoms with Gasteiger partial charge in [-0.1, -0.05) is 24.7 Å². The minimum absolute atomic E-state index is 0.00668. The van der Waals surface area contributed by atoms with E-state index >= 15 is 8.78 Å². The number of rotatable bonds is 9. The molecule has 2 fully saturated rings. The van der Waals surface area contributed by atoms with E-state index in [1.807, 2.05) is 11.8 Å². The lowest BCUT2D eigenvalue weighted by atomic mass is 9.95. The van der Waals surface area contributed by atoms with Crippen molar-refractivity contribution in [1.29, 1.82) is 0 Å². The predicted octanol–water partition coefficient (Wildman–Crippen LogP) is 8.68. The first-order valence-electron chi connectivity index (χ1n) is 15.9. The Morgan fingerprint density at radius 2 is 1.90 bits per heavy atom. The standard InChI is InChI=1S/C33H35F6N5O4S/c1-5-6-12-46-27-19-13-20(33(37,38)39)22(18-8-9-21(35)26-25(18)41-29(49-26)43-30(45)48-31(2,3)4)23(36)24(19)40-28(42-27)47-16-32-10-7-11-44(32)15-17(34)14-32/h8-9,13,17H,5-7,10-12,14-16H2,1-4H3,(H,41,43,45)/t17-,32?/m1/s1. The number of carbonyl (C=O) groups is 1. The highest BCUT2D eigenvalue weighted by Gasteiger charge is 2.49. The number of thiazole rings is 1. The molecule has 9 nitrogen and oxygen atoms in total. The third-order valence-corrected chi connectivity index (χ3v) is 9.50. The molecular formula is C33H35F6N5O4S. The van der Waals surface area contributed by atoms with Crippen molar-refractivity contribution in [3.8, 4) is 23.0 Å². The average molecular weight is 712 g/mol. The van der Waals surface area contributed by atoms with Gasteiger partial charge in [0.1, 0.15) is 29.7 Å². The van der Waals surface area contributed by atoms with Crippen LogP contribution in [-0.2, 0) is 10.9 Å². The molecule has 4 aromatic rings. The van der Waals surface area contributed by atoms with Crippen molar-refractivity contribution in [2.45, 2.75) is 83.3 Å². The summed E-state index contributed by atoms with van der Waals surface area (Å²) in [6.45, 7) is 7.81. The number of aromatic nitrogens is 3. The molecule has 0 radical (unpaired) electrons. The van der Waals surface area contributed by atoms with Gasteiger partial charge in [0.25, 0.3) is 0 Å². The topological polar surface area (TPSA) is 98.7 Å². The summed E-state index contributed by atoms with van der Waals surface area (Å²) in [6, 6.07) is 2.25. The van der Waals surface area contributed by atoms with Crippen LogP contribution in [0.2, 0.25) is 0 Å². The van der Waals surface area contributed by atoms with Crippen LogP contribution in [0.3, 0.4) is 0 Å². The number of benzene rings is 2. The number of halogens is 6. The molecule has 2 aliphatic heterocycles. The Morgan fingerprint density at radius 1 is 1.12 bits per heavy atom. The van der Waals surface area contributed by atoms with Gasteiger partial charge in [0.15, 0.2) is 10.9 Å². The number of alkyl halides is 4. The molecule has 0 spiro atoms. The lowest BCUT2D eigenvalue weighted by molar-refractivity contribution is -0.137. The number of fused-ring (bicyclic) bond motifs is 3. The molecule has 2 aromatic heterocycles. The Bertz CT molecular complexity index is 1900. The summed E-state index contributed by atoms with van der Waals surface area (Å²) in [4.78, 5) is 27.0. The van der Waals surface area contributed by atoms with Gasteiger partial charge in [-0.25, -0.2) is 22.9 Å². The molecular weight excluding hydrogens is 676 g/mol. The number of hydrogen-bond donors (Lipinski definition) is 1. The van der Waals surface area contributed by atoms with E-state index in [1.54, 1.807) is 20.8 Å². The Kier molecular flexibility index (Phi) is 9.32. The van der Waals surface area contributed by atoms with Gasteiger partial charge in [0, 0.05) is 24.1 Å². The number of ether oxygens (including phenoxy) is 3. The predicted molar refractivity (Wildman–Crippen MR) is 172 cm³/mol. The fourth-order valence-corrected chi connectivity index (χ4v) is 7.31. The number of nitrogens with zero attached hydrogens (tertiary/aromatic N) is 4. The van der Waals surface area contributed by atoms with Crippen molar-refractivity contribution >= 4 is 43.7 Å². The van der Waals surface area contributed by atoms with Crippen LogP contribution >= 0.6 is 11.3 Å². The zero-order valence-corrected chi connectivity index (χ0v) is 28.1.